The average molecular weight is 212 g/mol. The summed E-state index contributed by atoms with van der Waals surface area (Å²) in [5.74, 6) is 0.727. The van der Waals surface area contributed by atoms with Crippen LogP contribution in [0, 0.1) is 5.92 Å². The van der Waals surface area contributed by atoms with Crippen LogP contribution in [0.1, 0.15) is 52.4 Å². The van der Waals surface area contributed by atoms with E-state index >= 15 is 0 Å². The van der Waals surface area contributed by atoms with Crippen molar-refractivity contribution in [1.82, 2.24) is 10.6 Å². The van der Waals surface area contributed by atoms with Crippen molar-refractivity contribution in [2.75, 3.05) is 6.54 Å². The number of carbonyl (C=O) groups excluding carboxylic acids is 1. The van der Waals surface area contributed by atoms with E-state index in [4.69, 9.17) is 0 Å². The Kier molecular flexibility index (Phi) is 5.51. The van der Waals surface area contributed by atoms with Crippen LogP contribution >= 0.6 is 0 Å². The largest absolute Gasteiger partial charge is 0.338 e. The Bertz CT molecular complexity index is 186. The second-order valence-electron chi connectivity index (χ2n) is 4.92. The highest BCUT2D eigenvalue weighted by Gasteiger charge is 2.16. The van der Waals surface area contributed by atoms with Crippen LogP contribution in [0.4, 0.5) is 4.79 Å². The van der Waals surface area contributed by atoms with Crippen molar-refractivity contribution in [2.24, 2.45) is 5.92 Å². The van der Waals surface area contributed by atoms with Gasteiger partial charge in [0.15, 0.2) is 0 Å². The molecule has 88 valence electrons. The predicted octanol–water partition coefficient (Wildman–Crippen LogP) is 2.66. The first-order valence-electron chi connectivity index (χ1n) is 6.23. The molecule has 0 bridgehead atoms. The molecule has 3 nitrogen and oxygen atoms in total. The van der Waals surface area contributed by atoms with Crippen molar-refractivity contribution >= 4 is 6.03 Å². The number of urea groups is 1. The smallest absolute Gasteiger partial charge is 0.315 e. The molecule has 2 amide bonds. The lowest BCUT2D eigenvalue weighted by Gasteiger charge is -2.13. The number of rotatable bonds is 5. The van der Waals surface area contributed by atoms with Crippen molar-refractivity contribution < 1.29 is 4.79 Å². The molecular formula is C12H24N2O. The highest BCUT2D eigenvalue weighted by molar-refractivity contribution is 5.74. The van der Waals surface area contributed by atoms with Crippen molar-refractivity contribution in [3.05, 3.63) is 0 Å². The molecule has 0 aromatic carbocycles. The molecule has 1 aliphatic carbocycles. The lowest BCUT2D eigenvalue weighted by atomic mass is 10.1. The molecule has 1 rings (SSSR count). The summed E-state index contributed by atoms with van der Waals surface area (Å²) >= 11 is 0. The number of hydrogen-bond donors (Lipinski definition) is 2. The van der Waals surface area contributed by atoms with E-state index in [9.17, 15) is 4.79 Å². The SMILES string of the molecule is CC(C)CCCNC(=O)NC1CCCC1. The van der Waals surface area contributed by atoms with E-state index in [1.807, 2.05) is 0 Å². The molecule has 1 saturated carbocycles. The third-order valence-corrected chi connectivity index (χ3v) is 2.93. The molecule has 0 radical (unpaired) electrons. The summed E-state index contributed by atoms with van der Waals surface area (Å²) in [7, 11) is 0. The topological polar surface area (TPSA) is 41.1 Å². The Morgan fingerprint density at radius 1 is 1.33 bits per heavy atom. The fourth-order valence-corrected chi connectivity index (χ4v) is 2.02. The maximum Gasteiger partial charge on any atom is 0.315 e. The van der Waals surface area contributed by atoms with E-state index < -0.39 is 0 Å². The van der Waals surface area contributed by atoms with Crippen molar-refractivity contribution in [3.8, 4) is 0 Å². The van der Waals surface area contributed by atoms with Gasteiger partial charge in [0.2, 0.25) is 0 Å². The third kappa shape index (κ3) is 5.65. The second-order valence-corrected chi connectivity index (χ2v) is 4.92. The maximum absolute atomic E-state index is 11.4. The molecule has 0 saturated heterocycles. The Balaban J connectivity index is 1.98. The van der Waals surface area contributed by atoms with Crippen LogP contribution in [0.3, 0.4) is 0 Å². The molecule has 0 atom stereocenters. The molecule has 0 unspecified atom stereocenters. The zero-order valence-corrected chi connectivity index (χ0v) is 10.0. The fraction of sp³-hybridized carbons (Fsp3) is 0.917. The summed E-state index contributed by atoms with van der Waals surface area (Å²) in [6, 6.07) is 0.445. The van der Waals surface area contributed by atoms with Crippen molar-refractivity contribution in [2.45, 2.75) is 58.4 Å². The summed E-state index contributed by atoms with van der Waals surface area (Å²) < 4.78 is 0. The van der Waals surface area contributed by atoms with Gasteiger partial charge in [-0.05, 0) is 31.6 Å². The van der Waals surface area contributed by atoms with Gasteiger partial charge in [0, 0.05) is 12.6 Å². The van der Waals surface area contributed by atoms with Crippen LogP contribution in [0.25, 0.3) is 0 Å². The number of carbonyl (C=O) groups is 1. The van der Waals surface area contributed by atoms with Gasteiger partial charge >= 0.3 is 6.03 Å². The number of nitrogens with one attached hydrogen (secondary N) is 2. The molecule has 0 aliphatic heterocycles. The summed E-state index contributed by atoms with van der Waals surface area (Å²) in [6.07, 6.45) is 7.09. The third-order valence-electron chi connectivity index (χ3n) is 2.93. The normalized spacial score (nSPS) is 17.0. The number of amides is 2. The quantitative estimate of drug-likeness (QED) is 0.676. The van der Waals surface area contributed by atoms with Gasteiger partial charge in [-0.15, -0.1) is 0 Å². The molecule has 0 heterocycles. The van der Waals surface area contributed by atoms with Crippen LogP contribution in [0.15, 0.2) is 0 Å². The first kappa shape index (κ1) is 12.3. The van der Waals surface area contributed by atoms with E-state index in [1.54, 1.807) is 0 Å². The van der Waals surface area contributed by atoms with E-state index in [2.05, 4.69) is 24.5 Å². The van der Waals surface area contributed by atoms with E-state index in [0.29, 0.717) is 6.04 Å². The monoisotopic (exact) mass is 212 g/mol. The van der Waals surface area contributed by atoms with Gasteiger partial charge in [0.1, 0.15) is 0 Å². The molecule has 0 aromatic rings. The van der Waals surface area contributed by atoms with Gasteiger partial charge in [0.25, 0.3) is 0 Å². The van der Waals surface area contributed by atoms with E-state index in [1.165, 1.54) is 19.3 Å². The summed E-state index contributed by atoms with van der Waals surface area (Å²) in [4.78, 5) is 11.4. The number of hydrogen-bond acceptors (Lipinski definition) is 1. The molecule has 0 spiro atoms. The van der Waals surface area contributed by atoms with Gasteiger partial charge in [-0.2, -0.15) is 0 Å². The summed E-state index contributed by atoms with van der Waals surface area (Å²) in [5.41, 5.74) is 0. The average Bonchev–Trinajstić information content (AvgIpc) is 2.64. The second kappa shape index (κ2) is 6.70. The van der Waals surface area contributed by atoms with Gasteiger partial charge < -0.3 is 10.6 Å². The fourth-order valence-electron chi connectivity index (χ4n) is 2.02. The van der Waals surface area contributed by atoms with Crippen LogP contribution in [-0.4, -0.2) is 18.6 Å². The van der Waals surface area contributed by atoms with Crippen LogP contribution in [0.2, 0.25) is 0 Å². The first-order chi connectivity index (χ1) is 7.18. The Morgan fingerprint density at radius 2 is 2.00 bits per heavy atom. The van der Waals surface area contributed by atoms with Crippen molar-refractivity contribution in [3.63, 3.8) is 0 Å². The van der Waals surface area contributed by atoms with E-state index in [-0.39, 0.29) is 6.03 Å². The molecule has 15 heavy (non-hydrogen) atoms. The van der Waals surface area contributed by atoms with Crippen LogP contribution in [-0.2, 0) is 0 Å². The minimum Gasteiger partial charge on any atom is -0.338 e. The molecular weight excluding hydrogens is 188 g/mol. The molecule has 1 fully saturated rings. The maximum atomic E-state index is 11.4. The lowest BCUT2D eigenvalue weighted by Crippen LogP contribution is -2.41. The highest BCUT2D eigenvalue weighted by Crippen LogP contribution is 2.17. The zero-order valence-electron chi connectivity index (χ0n) is 10.0. The molecule has 1 aliphatic rings. The van der Waals surface area contributed by atoms with Gasteiger partial charge in [-0.3, -0.25) is 0 Å². The predicted molar refractivity (Wildman–Crippen MR) is 62.9 cm³/mol. The highest BCUT2D eigenvalue weighted by atomic mass is 16.2. The van der Waals surface area contributed by atoms with Gasteiger partial charge in [0.05, 0.1) is 0 Å². The molecule has 3 heteroatoms. The summed E-state index contributed by atoms with van der Waals surface area (Å²) in [6.45, 7) is 5.22. The standard InChI is InChI=1S/C12H24N2O/c1-10(2)6-5-9-13-12(15)14-11-7-3-4-8-11/h10-11H,3-9H2,1-2H3,(H2,13,14,15). The van der Waals surface area contributed by atoms with Crippen LogP contribution in [0.5, 0.6) is 0 Å². The molecule has 2 N–H and O–H groups in total. The minimum absolute atomic E-state index is 0.0191. The minimum atomic E-state index is 0.0191. The Morgan fingerprint density at radius 3 is 2.60 bits per heavy atom. The van der Waals surface area contributed by atoms with Gasteiger partial charge in [-0.1, -0.05) is 26.7 Å². The zero-order chi connectivity index (χ0) is 11.1. The Labute approximate surface area is 93.0 Å². The van der Waals surface area contributed by atoms with Gasteiger partial charge in [-0.25, -0.2) is 4.79 Å². The first-order valence-corrected chi connectivity index (χ1v) is 6.23. The van der Waals surface area contributed by atoms with Crippen LogP contribution < -0.4 is 10.6 Å². The lowest BCUT2D eigenvalue weighted by molar-refractivity contribution is 0.236. The summed E-state index contributed by atoms with van der Waals surface area (Å²) in [5, 5.41) is 5.93. The molecule has 0 aromatic heterocycles. The van der Waals surface area contributed by atoms with E-state index in [0.717, 1.165) is 31.7 Å². The van der Waals surface area contributed by atoms with Crippen molar-refractivity contribution in [1.29, 1.82) is 0 Å². The Hall–Kier alpha value is -0.730.